The van der Waals surface area contributed by atoms with Gasteiger partial charge < -0.3 is 19.9 Å². The van der Waals surface area contributed by atoms with E-state index in [2.05, 4.69) is 5.32 Å². The van der Waals surface area contributed by atoms with E-state index in [0.29, 0.717) is 12.2 Å². The third-order valence-electron chi connectivity index (χ3n) is 3.08. The van der Waals surface area contributed by atoms with Crippen LogP contribution in [0.2, 0.25) is 0 Å². The molecule has 1 heterocycles. The van der Waals surface area contributed by atoms with Gasteiger partial charge in [0.2, 0.25) is 6.79 Å². The average Bonchev–Trinajstić information content (AvgIpc) is 2.92. The summed E-state index contributed by atoms with van der Waals surface area (Å²) in [7, 11) is 0. The Kier molecular flexibility index (Phi) is 3.16. The molecular weight excluding hydrogens is 258 g/mol. The molecular formula is C15H13NO4. The van der Waals surface area contributed by atoms with E-state index >= 15 is 0 Å². The summed E-state index contributed by atoms with van der Waals surface area (Å²) in [6, 6.07) is 12.5. The zero-order valence-electron chi connectivity index (χ0n) is 10.6. The number of aromatic carboxylic acids is 1. The van der Waals surface area contributed by atoms with Crippen LogP contribution in [0.25, 0.3) is 0 Å². The van der Waals surface area contributed by atoms with Crippen LogP contribution in [0.3, 0.4) is 0 Å². The first kappa shape index (κ1) is 12.3. The molecule has 0 spiro atoms. The molecule has 1 aliphatic heterocycles. The molecule has 0 radical (unpaired) electrons. The van der Waals surface area contributed by atoms with Crippen LogP contribution in [0, 0.1) is 0 Å². The minimum absolute atomic E-state index is 0.244. The summed E-state index contributed by atoms with van der Waals surface area (Å²) < 4.78 is 10.6. The number of hydrogen-bond acceptors (Lipinski definition) is 4. The number of fused-ring (bicyclic) bond motifs is 1. The van der Waals surface area contributed by atoms with Crippen LogP contribution in [-0.4, -0.2) is 17.9 Å². The number of ether oxygens (including phenoxy) is 2. The zero-order valence-corrected chi connectivity index (χ0v) is 10.6. The molecule has 2 N–H and O–H groups in total. The summed E-state index contributed by atoms with van der Waals surface area (Å²) in [5, 5.41) is 12.2. The molecule has 0 saturated carbocycles. The fourth-order valence-electron chi connectivity index (χ4n) is 2.07. The first-order valence-electron chi connectivity index (χ1n) is 6.19. The van der Waals surface area contributed by atoms with Crippen LogP contribution in [0.5, 0.6) is 11.5 Å². The SMILES string of the molecule is O=C(O)c1ccccc1NCc1ccc2c(c1)OCO2. The Hall–Kier alpha value is -2.69. The molecule has 0 aliphatic carbocycles. The van der Waals surface area contributed by atoms with E-state index in [1.54, 1.807) is 24.3 Å². The Morgan fingerprint density at radius 2 is 1.95 bits per heavy atom. The summed E-state index contributed by atoms with van der Waals surface area (Å²) in [5.41, 5.74) is 1.85. The maximum atomic E-state index is 11.1. The Morgan fingerprint density at radius 3 is 2.80 bits per heavy atom. The zero-order chi connectivity index (χ0) is 13.9. The summed E-state index contributed by atoms with van der Waals surface area (Å²) in [5.74, 6) is 0.509. The summed E-state index contributed by atoms with van der Waals surface area (Å²) >= 11 is 0. The van der Waals surface area contributed by atoms with E-state index in [9.17, 15) is 4.79 Å². The average molecular weight is 271 g/mol. The number of nitrogens with one attached hydrogen (secondary N) is 1. The molecule has 20 heavy (non-hydrogen) atoms. The second kappa shape index (κ2) is 5.13. The second-order valence-electron chi connectivity index (χ2n) is 4.39. The Balaban J connectivity index is 1.75. The van der Waals surface area contributed by atoms with Gasteiger partial charge in [-0.1, -0.05) is 18.2 Å². The van der Waals surface area contributed by atoms with Crippen LogP contribution in [0.1, 0.15) is 15.9 Å². The lowest BCUT2D eigenvalue weighted by molar-refractivity contribution is 0.0698. The minimum atomic E-state index is -0.946. The predicted molar refractivity (Wildman–Crippen MR) is 73.3 cm³/mol. The number of rotatable bonds is 4. The summed E-state index contributed by atoms with van der Waals surface area (Å²) in [4.78, 5) is 11.1. The lowest BCUT2D eigenvalue weighted by Gasteiger charge is -2.09. The van der Waals surface area contributed by atoms with Crippen molar-refractivity contribution in [1.29, 1.82) is 0 Å². The standard InChI is InChI=1S/C15H13NO4/c17-15(18)11-3-1-2-4-12(11)16-8-10-5-6-13-14(7-10)20-9-19-13/h1-7,16H,8-9H2,(H,17,18). The fraction of sp³-hybridized carbons (Fsp3) is 0.133. The first-order chi connectivity index (χ1) is 9.74. The van der Waals surface area contributed by atoms with Gasteiger partial charge in [-0.2, -0.15) is 0 Å². The van der Waals surface area contributed by atoms with Gasteiger partial charge in [-0.15, -0.1) is 0 Å². The van der Waals surface area contributed by atoms with E-state index in [-0.39, 0.29) is 12.4 Å². The van der Waals surface area contributed by atoms with Crippen molar-refractivity contribution in [2.75, 3.05) is 12.1 Å². The van der Waals surface area contributed by atoms with Gasteiger partial charge in [0.1, 0.15) is 0 Å². The highest BCUT2D eigenvalue weighted by Crippen LogP contribution is 2.32. The van der Waals surface area contributed by atoms with E-state index in [4.69, 9.17) is 14.6 Å². The largest absolute Gasteiger partial charge is 0.478 e. The quantitative estimate of drug-likeness (QED) is 0.895. The smallest absolute Gasteiger partial charge is 0.337 e. The van der Waals surface area contributed by atoms with Gasteiger partial charge in [0, 0.05) is 12.2 Å². The van der Waals surface area contributed by atoms with E-state index in [0.717, 1.165) is 17.1 Å². The highest BCUT2D eigenvalue weighted by Gasteiger charge is 2.13. The van der Waals surface area contributed by atoms with Crippen molar-refractivity contribution in [2.24, 2.45) is 0 Å². The summed E-state index contributed by atoms with van der Waals surface area (Å²) in [6.07, 6.45) is 0. The van der Waals surface area contributed by atoms with Gasteiger partial charge in [0.05, 0.1) is 5.56 Å². The van der Waals surface area contributed by atoms with E-state index in [1.165, 1.54) is 0 Å². The maximum Gasteiger partial charge on any atom is 0.337 e. The number of hydrogen-bond donors (Lipinski definition) is 2. The minimum Gasteiger partial charge on any atom is -0.478 e. The Bertz CT molecular complexity index is 654. The van der Waals surface area contributed by atoms with Crippen molar-refractivity contribution in [1.82, 2.24) is 0 Å². The Labute approximate surface area is 115 Å². The molecule has 1 aliphatic rings. The third kappa shape index (κ3) is 2.38. The molecule has 5 heteroatoms. The normalized spacial score (nSPS) is 12.2. The lowest BCUT2D eigenvalue weighted by Crippen LogP contribution is -2.06. The van der Waals surface area contributed by atoms with Gasteiger partial charge in [-0.3, -0.25) is 0 Å². The van der Waals surface area contributed by atoms with Crippen LogP contribution in [-0.2, 0) is 6.54 Å². The molecule has 0 fully saturated rings. The number of para-hydroxylation sites is 1. The van der Waals surface area contributed by atoms with Crippen molar-refractivity contribution < 1.29 is 19.4 Å². The molecule has 0 bridgehead atoms. The molecule has 0 saturated heterocycles. The first-order valence-corrected chi connectivity index (χ1v) is 6.19. The molecule has 5 nitrogen and oxygen atoms in total. The highest BCUT2D eigenvalue weighted by atomic mass is 16.7. The van der Waals surface area contributed by atoms with Crippen molar-refractivity contribution in [3.8, 4) is 11.5 Å². The van der Waals surface area contributed by atoms with E-state index < -0.39 is 5.97 Å². The number of carbonyl (C=O) groups is 1. The molecule has 3 rings (SSSR count). The fourth-order valence-corrected chi connectivity index (χ4v) is 2.07. The third-order valence-corrected chi connectivity index (χ3v) is 3.08. The number of carboxylic acid groups (broad SMARTS) is 1. The van der Waals surface area contributed by atoms with Crippen molar-refractivity contribution in [3.05, 3.63) is 53.6 Å². The molecule has 102 valence electrons. The monoisotopic (exact) mass is 271 g/mol. The van der Waals surface area contributed by atoms with Crippen LogP contribution in [0.4, 0.5) is 5.69 Å². The molecule has 0 amide bonds. The van der Waals surface area contributed by atoms with Gasteiger partial charge in [-0.05, 0) is 29.8 Å². The van der Waals surface area contributed by atoms with Gasteiger partial charge in [0.15, 0.2) is 11.5 Å². The number of carboxylic acids is 1. The van der Waals surface area contributed by atoms with Gasteiger partial charge >= 0.3 is 5.97 Å². The summed E-state index contributed by atoms with van der Waals surface area (Å²) in [6.45, 7) is 0.759. The number of benzene rings is 2. The van der Waals surface area contributed by atoms with Gasteiger partial charge in [0.25, 0.3) is 0 Å². The molecule has 0 atom stereocenters. The molecule has 0 unspecified atom stereocenters. The lowest BCUT2D eigenvalue weighted by atomic mass is 10.1. The van der Waals surface area contributed by atoms with E-state index in [1.807, 2.05) is 18.2 Å². The van der Waals surface area contributed by atoms with Crippen LogP contribution in [0.15, 0.2) is 42.5 Å². The topological polar surface area (TPSA) is 67.8 Å². The maximum absolute atomic E-state index is 11.1. The second-order valence-corrected chi connectivity index (χ2v) is 4.39. The van der Waals surface area contributed by atoms with Crippen LogP contribution >= 0.6 is 0 Å². The van der Waals surface area contributed by atoms with Crippen LogP contribution < -0.4 is 14.8 Å². The Morgan fingerprint density at radius 1 is 1.15 bits per heavy atom. The molecule has 2 aromatic rings. The number of anilines is 1. The van der Waals surface area contributed by atoms with Crippen molar-refractivity contribution >= 4 is 11.7 Å². The predicted octanol–water partition coefficient (Wildman–Crippen LogP) is 2.73. The molecule has 0 aromatic heterocycles. The van der Waals surface area contributed by atoms with Gasteiger partial charge in [-0.25, -0.2) is 4.79 Å². The highest BCUT2D eigenvalue weighted by molar-refractivity contribution is 5.94. The molecule has 2 aromatic carbocycles. The van der Waals surface area contributed by atoms with Crippen molar-refractivity contribution in [2.45, 2.75) is 6.54 Å². The van der Waals surface area contributed by atoms with Crippen molar-refractivity contribution in [3.63, 3.8) is 0 Å².